The van der Waals surface area contributed by atoms with Gasteiger partial charge in [0.2, 0.25) is 5.96 Å². The predicted octanol–water partition coefficient (Wildman–Crippen LogP) is 2.58. The third kappa shape index (κ3) is 3.17. The van der Waals surface area contributed by atoms with Gasteiger partial charge < -0.3 is 9.80 Å². The first-order valence-corrected chi connectivity index (χ1v) is 11.1. The largest absolute Gasteiger partial charge is 0.367 e. The molecular weight excluding hydrogens is 392 g/mol. The normalized spacial score (nSPS) is 18.3. The standard InChI is InChI=1S/C17H19ClN4O2S2/c18-14-4-1-2-5-15(14)20-9-11-21(12-10-20)17-19-7-8-22(17)26(23,24)16-6-3-13-25-16/h1-6,13H,7-12H2. The summed E-state index contributed by atoms with van der Waals surface area (Å²) in [6, 6.07) is 11.2. The summed E-state index contributed by atoms with van der Waals surface area (Å²) in [6.45, 7) is 3.87. The van der Waals surface area contributed by atoms with Crippen molar-refractivity contribution in [1.82, 2.24) is 9.21 Å². The number of guanidine groups is 1. The van der Waals surface area contributed by atoms with Crippen LogP contribution in [-0.2, 0) is 10.0 Å². The van der Waals surface area contributed by atoms with Gasteiger partial charge in [-0.2, -0.15) is 0 Å². The van der Waals surface area contributed by atoms with Gasteiger partial charge >= 0.3 is 0 Å². The average Bonchev–Trinajstić information content (AvgIpc) is 3.35. The van der Waals surface area contributed by atoms with Crippen molar-refractivity contribution in [3.8, 4) is 0 Å². The first kappa shape index (κ1) is 17.6. The maximum Gasteiger partial charge on any atom is 0.276 e. The summed E-state index contributed by atoms with van der Waals surface area (Å²) in [5, 5.41) is 2.52. The number of rotatable bonds is 3. The van der Waals surface area contributed by atoms with Crippen molar-refractivity contribution in [2.45, 2.75) is 4.21 Å². The second-order valence-corrected chi connectivity index (χ2v) is 9.56. The number of nitrogens with zero attached hydrogens (tertiary/aromatic N) is 4. The van der Waals surface area contributed by atoms with Gasteiger partial charge in [-0.05, 0) is 23.6 Å². The Hall–Kier alpha value is -1.77. The van der Waals surface area contributed by atoms with Gasteiger partial charge in [0, 0.05) is 26.2 Å². The van der Waals surface area contributed by atoms with Crippen LogP contribution in [0.5, 0.6) is 0 Å². The number of aliphatic imine (C=N–C) groups is 1. The summed E-state index contributed by atoms with van der Waals surface area (Å²) in [7, 11) is -3.52. The molecule has 0 radical (unpaired) electrons. The number of halogens is 1. The number of hydrogen-bond acceptors (Lipinski definition) is 6. The molecule has 6 nitrogen and oxygen atoms in total. The van der Waals surface area contributed by atoms with Gasteiger partial charge in [0.15, 0.2) is 0 Å². The number of anilines is 1. The molecule has 1 saturated heterocycles. The summed E-state index contributed by atoms with van der Waals surface area (Å²) in [5.41, 5.74) is 1.02. The van der Waals surface area contributed by atoms with Crippen molar-refractivity contribution >= 4 is 44.6 Å². The molecule has 0 unspecified atom stereocenters. The molecule has 1 fully saturated rings. The summed E-state index contributed by atoms with van der Waals surface area (Å²) < 4.78 is 27.6. The maximum atomic E-state index is 12.9. The Labute approximate surface area is 162 Å². The first-order chi connectivity index (χ1) is 12.6. The Morgan fingerprint density at radius 2 is 1.69 bits per heavy atom. The first-order valence-electron chi connectivity index (χ1n) is 8.42. The van der Waals surface area contributed by atoms with Gasteiger partial charge in [0.05, 0.1) is 23.8 Å². The molecule has 0 saturated carbocycles. The molecule has 138 valence electrons. The van der Waals surface area contributed by atoms with E-state index in [0.717, 1.165) is 23.8 Å². The monoisotopic (exact) mass is 410 g/mol. The second-order valence-electron chi connectivity index (χ2n) is 6.12. The zero-order valence-corrected chi connectivity index (χ0v) is 16.5. The van der Waals surface area contributed by atoms with Crippen LogP contribution in [0.4, 0.5) is 5.69 Å². The Bertz CT molecular complexity index is 907. The van der Waals surface area contributed by atoms with Gasteiger partial charge in [0.25, 0.3) is 10.0 Å². The van der Waals surface area contributed by atoms with Crippen LogP contribution in [0.3, 0.4) is 0 Å². The number of sulfonamides is 1. The van der Waals surface area contributed by atoms with Crippen LogP contribution in [-0.4, -0.2) is 62.9 Å². The Morgan fingerprint density at radius 3 is 2.38 bits per heavy atom. The van der Waals surface area contributed by atoms with Crippen LogP contribution in [0.1, 0.15) is 0 Å². The fraction of sp³-hybridized carbons (Fsp3) is 0.353. The predicted molar refractivity (Wildman–Crippen MR) is 106 cm³/mol. The van der Waals surface area contributed by atoms with Crippen molar-refractivity contribution in [2.24, 2.45) is 4.99 Å². The number of para-hydroxylation sites is 1. The lowest BCUT2D eigenvalue weighted by atomic mass is 10.2. The minimum absolute atomic E-state index is 0.363. The number of benzene rings is 1. The molecule has 3 heterocycles. The minimum Gasteiger partial charge on any atom is -0.367 e. The highest BCUT2D eigenvalue weighted by Gasteiger charge is 2.35. The lowest BCUT2D eigenvalue weighted by Crippen LogP contribution is -2.53. The Balaban J connectivity index is 1.48. The van der Waals surface area contributed by atoms with E-state index < -0.39 is 10.0 Å². The van der Waals surface area contributed by atoms with Crippen LogP contribution in [0.15, 0.2) is 51.0 Å². The zero-order valence-electron chi connectivity index (χ0n) is 14.1. The summed E-state index contributed by atoms with van der Waals surface area (Å²) in [5.74, 6) is 0.567. The molecule has 2 aromatic rings. The maximum absolute atomic E-state index is 12.9. The lowest BCUT2D eigenvalue weighted by molar-refractivity contribution is 0.358. The average molecular weight is 411 g/mol. The van der Waals surface area contributed by atoms with Crippen molar-refractivity contribution in [3.05, 3.63) is 46.8 Å². The van der Waals surface area contributed by atoms with E-state index in [0.29, 0.717) is 36.3 Å². The molecule has 2 aliphatic rings. The van der Waals surface area contributed by atoms with Crippen molar-refractivity contribution in [1.29, 1.82) is 0 Å². The van der Waals surface area contributed by atoms with Gasteiger partial charge in [-0.25, -0.2) is 12.7 Å². The third-order valence-corrected chi connectivity index (χ3v) is 8.05. The number of piperazine rings is 1. The second kappa shape index (κ2) is 7.09. The van der Waals surface area contributed by atoms with Crippen LogP contribution in [0, 0.1) is 0 Å². The van der Waals surface area contributed by atoms with Crippen LogP contribution < -0.4 is 4.90 Å². The lowest BCUT2D eigenvalue weighted by Gasteiger charge is -2.39. The highest BCUT2D eigenvalue weighted by Crippen LogP contribution is 2.28. The van der Waals surface area contributed by atoms with Crippen LogP contribution >= 0.6 is 22.9 Å². The van der Waals surface area contributed by atoms with Crippen molar-refractivity contribution in [2.75, 3.05) is 44.2 Å². The molecule has 0 atom stereocenters. The van der Waals surface area contributed by atoms with E-state index in [-0.39, 0.29) is 0 Å². The zero-order chi connectivity index (χ0) is 18.1. The highest BCUT2D eigenvalue weighted by atomic mass is 35.5. The molecule has 4 rings (SSSR count). The molecule has 1 aromatic heterocycles. The summed E-state index contributed by atoms with van der Waals surface area (Å²) >= 11 is 7.53. The van der Waals surface area contributed by atoms with Crippen molar-refractivity contribution in [3.63, 3.8) is 0 Å². The van der Waals surface area contributed by atoms with Gasteiger partial charge in [-0.15, -0.1) is 11.3 Å². The van der Waals surface area contributed by atoms with Crippen LogP contribution in [0.25, 0.3) is 0 Å². The van der Waals surface area contributed by atoms with Crippen LogP contribution in [0.2, 0.25) is 5.02 Å². The quantitative estimate of drug-likeness (QED) is 0.780. The van der Waals surface area contributed by atoms with E-state index >= 15 is 0 Å². The van der Waals surface area contributed by atoms with E-state index in [2.05, 4.69) is 14.8 Å². The van der Waals surface area contributed by atoms with E-state index in [1.807, 2.05) is 24.3 Å². The van der Waals surface area contributed by atoms with E-state index in [1.165, 1.54) is 15.6 Å². The minimum atomic E-state index is -3.52. The fourth-order valence-electron chi connectivity index (χ4n) is 3.28. The Morgan fingerprint density at radius 1 is 0.962 bits per heavy atom. The molecule has 0 amide bonds. The van der Waals surface area contributed by atoms with E-state index in [1.54, 1.807) is 17.5 Å². The van der Waals surface area contributed by atoms with E-state index in [4.69, 9.17) is 11.6 Å². The molecule has 1 aromatic carbocycles. The fourth-order valence-corrected chi connectivity index (χ4v) is 6.08. The molecule has 9 heteroatoms. The summed E-state index contributed by atoms with van der Waals surface area (Å²) in [6.07, 6.45) is 0. The SMILES string of the molecule is O=S(=O)(c1cccs1)N1CCN=C1N1CCN(c2ccccc2Cl)CC1. The van der Waals surface area contributed by atoms with Gasteiger partial charge in [0.1, 0.15) is 4.21 Å². The molecule has 26 heavy (non-hydrogen) atoms. The third-order valence-electron chi connectivity index (χ3n) is 4.57. The highest BCUT2D eigenvalue weighted by molar-refractivity contribution is 7.91. The number of thiophene rings is 1. The van der Waals surface area contributed by atoms with Gasteiger partial charge in [-0.1, -0.05) is 29.8 Å². The van der Waals surface area contributed by atoms with Gasteiger partial charge in [-0.3, -0.25) is 4.99 Å². The molecule has 2 aliphatic heterocycles. The summed E-state index contributed by atoms with van der Waals surface area (Å²) in [4.78, 5) is 8.77. The Kier molecular flexibility index (Phi) is 4.81. The molecule has 0 aliphatic carbocycles. The smallest absolute Gasteiger partial charge is 0.276 e. The molecule has 0 N–H and O–H groups in total. The molecule has 0 bridgehead atoms. The topological polar surface area (TPSA) is 56.2 Å². The molecular formula is C17H19ClN4O2S2. The van der Waals surface area contributed by atoms with Crippen molar-refractivity contribution < 1.29 is 8.42 Å². The number of hydrogen-bond donors (Lipinski definition) is 0. The molecule has 0 spiro atoms. The van der Waals surface area contributed by atoms with E-state index in [9.17, 15) is 8.42 Å².